The normalized spacial score (nSPS) is 12.0. The lowest BCUT2D eigenvalue weighted by atomic mass is 10.1. The second kappa shape index (κ2) is 5.57. The van der Waals surface area contributed by atoms with Crippen LogP contribution in [0.4, 0.5) is 0 Å². The highest BCUT2D eigenvalue weighted by molar-refractivity contribution is 4.96. The molecule has 2 rings (SSSR count). The minimum atomic E-state index is 0.108. The molecule has 2 heterocycles. The van der Waals surface area contributed by atoms with E-state index in [1.54, 1.807) is 0 Å². The molecule has 0 aliphatic heterocycles. The van der Waals surface area contributed by atoms with Crippen molar-refractivity contribution in [2.75, 3.05) is 0 Å². The van der Waals surface area contributed by atoms with Gasteiger partial charge in [-0.15, -0.1) is 0 Å². The van der Waals surface area contributed by atoms with E-state index in [4.69, 9.17) is 0 Å². The van der Waals surface area contributed by atoms with Crippen LogP contribution in [0.3, 0.4) is 0 Å². The van der Waals surface area contributed by atoms with Gasteiger partial charge in [0.1, 0.15) is 11.6 Å². The first-order valence-corrected chi connectivity index (χ1v) is 6.67. The third-order valence-corrected chi connectivity index (χ3v) is 3.08. The van der Waals surface area contributed by atoms with Crippen LogP contribution >= 0.6 is 0 Å². The van der Waals surface area contributed by atoms with Crippen molar-refractivity contribution in [2.45, 2.75) is 45.8 Å². The molecule has 2 aromatic rings. The molecule has 19 heavy (non-hydrogen) atoms. The predicted octanol–water partition coefficient (Wildman–Crippen LogP) is 1.75. The third kappa shape index (κ3) is 3.92. The standard InChI is InChI=1S/C14H23N5/c1-14(2,3)17-11-13-16-7-10-19(13)8-5-12-15-6-9-18(12)4/h6-7,9-10,17H,5,8,11H2,1-4H3. The Kier molecular flexibility index (Phi) is 4.04. The number of hydrogen-bond donors (Lipinski definition) is 1. The minimum Gasteiger partial charge on any atom is -0.338 e. The monoisotopic (exact) mass is 261 g/mol. The van der Waals surface area contributed by atoms with E-state index < -0.39 is 0 Å². The van der Waals surface area contributed by atoms with E-state index in [1.165, 1.54) is 0 Å². The van der Waals surface area contributed by atoms with E-state index in [0.29, 0.717) is 0 Å². The van der Waals surface area contributed by atoms with Crippen LogP contribution in [0.1, 0.15) is 32.4 Å². The van der Waals surface area contributed by atoms with Gasteiger partial charge in [-0.2, -0.15) is 0 Å². The number of imidazole rings is 2. The van der Waals surface area contributed by atoms with Crippen molar-refractivity contribution >= 4 is 0 Å². The average molecular weight is 261 g/mol. The summed E-state index contributed by atoms with van der Waals surface area (Å²) in [6.07, 6.45) is 8.62. The van der Waals surface area contributed by atoms with Crippen LogP contribution in [-0.2, 0) is 26.6 Å². The lowest BCUT2D eigenvalue weighted by Crippen LogP contribution is -2.36. The van der Waals surface area contributed by atoms with Crippen molar-refractivity contribution in [3.05, 3.63) is 36.4 Å². The number of nitrogens with zero attached hydrogens (tertiary/aromatic N) is 4. The largest absolute Gasteiger partial charge is 0.338 e. The maximum Gasteiger partial charge on any atom is 0.122 e. The zero-order chi connectivity index (χ0) is 13.9. The van der Waals surface area contributed by atoms with Crippen LogP contribution in [0.25, 0.3) is 0 Å². The summed E-state index contributed by atoms with van der Waals surface area (Å²) in [5.41, 5.74) is 0.108. The van der Waals surface area contributed by atoms with Crippen LogP contribution in [-0.4, -0.2) is 24.6 Å². The molecule has 0 aliphatic rings. The quantitative estimate of drug-likeness (QED) is 0.892. The van der Waals surface area contributed by atoms with Gasteiger partial charge in [0, 0.05) is 50.3 Å². The Balaban J connectivity index is 1.94. The van der Waals surface area contributed by atoms with Crippen molar-refractivity contribution in [1.82, 2.24) is 24.4 Å². The van der Waals surface area contributed by atoms with E-state index in [2.05, 4.69) is 45.2 Å². The van der Waals surface area contributed by atoms with Crippen molar-refractivity contribution in [3.63, 3.8) is 0 Å². The summed E-state index contributed by atoms with van der Waals surface area (Å²) >= 11 is 0. The first-order chi connectivity index (χ1) is 8.96. The lowest BCUT2D eigenvalue weighted by molar-refractivity contribution is 0.411. The van der Waals surface area contributed by atoms with Gasteiger partial charge in [0.2, 0.25) is 0 Å². The molecule has 0 bridgehead atoms. The second-order valence-corrected chi connectivity index (χ2v) is 5.84. The van der Waals surface area contributed by atoms with Crippen molar-refractivity contribution in [2.24, 2.45) is 7.05 Å². The molecule has 0 saturated carbocycles. The molecule has 2 aromatic heterocycles. The Morgan fingerprint density at radius 2 is 1.79 bits per heavy atom. The van der Waals surface area contributed by atoms with E-state index in [-0.39, 0.29) is 5.54 Å². The van der Waals surface area contributed by atoms with Gasteiger partial charge in [0.05, 0.1) is 6.54 Å². The summed E-state index contributed by atoms with van der Waals surface area (Å²) in [5, 5.41) is 3.47. The molecule has 1 N–H and O–H groups in total. The number of aryl methyl sites for hydroxylation is 3. The maximum absolute atomic E-state index is 4.41. The minimum absolute atomic E-state index is 0.108. The Labute approximate surface area is 114 Å². The topological polar surface area (TPSA) is 47.7 Å². The molecule has 0 fully saturated rings. The predicted molar refractivity (Wildman–Crippen MR) is 75.7 cm³/mol. The molecular weight excluding hydrogens is 238 g/mol. The first kappa shape index (κ1) is 13.8. The van der Waals surface area contributed by atoms with Crippen LogP contribution < -0.4 is 5.32 Å². The highest BCUT2D eigenvalue weighted by Gasteiger charge is 2.11. The van der Waals surface area contributed by atoms with Gasteiger partial charge in [-0.3, -0.25) is 0 Å². The molecule has 0 unspecified atom stereocenters. The number of rotatable bonds is 5. The highest BCUT2D eigenvalue weighted by atomic mass is 15.1. The molecular formula is C14H23N5. The average Bonchev–Trinajstić information content (AvgIpc) is 2.91. The number of aromatic nitrogens is 4. The molecule has 5 heteroatoms. The number of nitrogens with one attached hydrogen (secondary N) is 1. The summed E-state index contributed by atoms with van der Waals surface area (Å²) in [6.45, 7) is 8.18. The maximum atomic E-state index is 4.41. The fourth-order valence-corrected chi connectivity index (χ4v) is 1.91. The Morgan fingerprint density at radius 1 is 1.11 bits per heavy atom. The molecule has 0 spiro atoms. The van der Waals surface area contributed by atoms with E-state index in [0.717, 1.165) is 31.2 Å². The van der Waals surface area contributed by atoms with Crippen LogP contribution in [0.5, 0.6) is 0 Å². The Hall–Kier alpha value is -1.62. The molecule has 0 aromatic carbocycles. The van der Waals surface area contributed by atoms with Crippen molar-refractivity contribution in [3.8, 4) is 0 Å². The smallest absolute Gasteiger partial charge is 0.122 e. The molecule has 0 radical (unpaired) electrons. The highest BCUT2D eigenvalue weighted by Crippen LogP contribution is 2.05. The summed E-state index contributed by atoms with van der Waals surface area (Å²) in [7, 11) is 2.03. The Bertz CT molecular complexity index is 518. The van der Waals surface area contributed by atoms with Crippen LogP contribution in [0.2, 0.25) is 0 Å². The van der Waals surface area contributed by atoms with Gasteiger partial charge in [-0.05, 0) is 20.8 Å². The molecule has 0 amide bonds. The third-order valence-electron chi connectivity index (χ3n) is 3.08. The fraction of sp³-hybridized carbons (Fsp3) is 0.571. The summed E-state index contributed by atoms with van der Waals surface area (Å²) in [5.74, 6) is 2.17. The van der Waals surface area contributed by atoms with Gasteiger partial charge >= 0.3 is 0 Å². The van der Waals surface area contributed by atoms with Gasteiger partial charge in [0.15, 0.2) is 0 Å². The SMILES string of the molecule is Cn1ccnc1CCn1ccnc1CNC(C)(C)C. The van der Waals surface area contributed by atoms with E-state index in [1.807, 2.05) is 31.8 Å². The van der Waals surface area contributed by atoms with Gasteiger partial charge < -0.3 is 14.5 Å². The zero-order valence-corrected chi connectivity index (χ0v) is 12.2. The van der Waals surface area contributed by atoms with Crippen LogP contribution in [0, 0.1) is 0 Å². The van der Waals surface area contributed by atoms with Crippen molar-refractivity contribution in [1.29, 1.82) is 0 Å². The molecule has 104 valence electrons. The van der Waals surface area contributed by atoms with Crippen molar-refractivity contribution < 1.29 is 0 Å². The van der Waals surface area contributed by atoms with Gasteiger partial charge in [-0.25, -0.2) is 9.97 Å². The van der Waals surface area contributed by atoms with E-state index >= 15 is 0 Å². The summed E-state index contributed by atoms with van der Waals surface area (Å²) in [4.78, 5) is 8.76. The Morgan fingerprint density at radius 3 is 2.42 bits per heavy atom. The molecule has 0 saturated heterocycles. The first-order valence-electron chi connectivity index (χ1n) is 6.67. The second-order valence-electron chi connectivity index (χ2n) is 5.84. The fourth-order valence-electron chi connectivity index (χ4n) is 1.91. The van der Waals surface area contributed by atoms with E-state index in [9.17, 15) is 0 Å². The summed E-state index contributed by atoms with van der Waals surface area (Å²) in [6, 6.07) is 0. The van der Waals surface area contributed by atoms with Crippen LogP contribution in [0.15, 0.2) is 24.8 Å². The molecule has 0 atom stereocenters. The molecule has 5 nitrogen and oxygen atoms in total. The molecule has 0 aliphatic carbocycles. The number of hydrogen-bond acceptors (Lipinski definition) is 3. The van der Waals surface area contributed by atoms with Gasteiger partial charge in [-0.1, -0.05) is 0 Å². The zero-order valence-electron chi connectivity index (χ0n) is 12.2. The summed E-state index contributed by atoms with van der Waals surface area (Å²) < 4.78 is 4.25. The lowest BCUT2D eigenvalue weighted by Gasteiger charge is -2.20. The van der Waals surface area contributed by atoms with Gasteiger partial charge in [0.25, 0.3) is 0 Å².